The van der Waals surface area contributed by atoms with Crippen LogP contribution in [0.4, 0.5) is 0 Å². The van der Waals surface area contributed by atoms with E-state index in [1.165, 1.54) is 25.7 Å². The zero-order chi connectivity index (χ0) is 14.8. The number of unbranched alkanes of at least 4 members (excludes halogenated alkanes) is 2. The highest BCUT2D eigenvalue weighted by Gasteiger charge is 1.99. The second kappa shape index (κ2) is 21.7. The molecule has 0 aromatic heterocycles. The Balaban J connectivity index is -0.000000137. The van der Waals surface area contributed by atoms with Gasteiger partial charge in [-0.3, -0.25) is 4.79 Å². The van der Waals surface area contributed by atoms with Gasteiger partial charge in [0, 0.05) is 28.5 Å². The number of carbonyl (C=O) groups is 1. The molecule has 0 aliphatic heterocycles. The van der Waals surface area contributed by atoms with Crippen LogP contribution in [0.2, 0.25) is 0 Å². The zero-order valence-corrected chi connectivity index (χ0v) is 13.8. The molecule has 114 valence electrons. The average molecular weight is 262 g/mol. The first-order valence-electron chi connectivity index (χ1n) is 7.52. The lowest BCUT2D eigenvalue weighted by atomic mass is 10.3. The van der Waals surface area contributed by atoms with E-state index in [0.29, 0.717) is 0 Å². The van der Waals surface area contributed by atoms with E-state index in [9.17, 15) is 4.79 Å². The van der Waals surface area contributed by atoms with Crippen molar-refractivity contribution >= 4 is 5.91 Å². The number of amides is 1. The van der Waals surface area contributed by atoms with E-state index in [1.807, 2.05) is 20.9 Å². The first kappa shape index (κ1) is 22.6. The third-order valence-electron chi connectivity index (χ3n) is 2.37. The van der Waals surface area contributed by atoms with Gasteiger partial charge in [-0.1, -0.05) is 53.9 Å². The largest absolute Gasteiger partial charge is 0.345 e. The molecule has 0 atom stereocenters. The molecule has 18 heavy (non-hydrogen) atoms. The fraction of sp³-hybridized carbons (Fsp3) is 0.933. The molecule has 0 aromatic carbocycles. The van der Waals surface area contributed by atoms with Crippen LogP contribution in [0.3, 0.4) is 0 Å². The summed E-state index contributed by atoms with van der Waals surface area (Å²) in [7, 11) is 1.82. The van der Waals surface area contributed by atoms with E-state index in [0.717, 1.165) is 19.6 Å². The Bertz CT molecular complexity index is 153. The van der Waals surface area contributed by atoms with Crippen LogP contribution in [-0.2, 0) is 4.79 Å². The third kappa shape index (κ3) is 24.6. The summed E-state index contributed by atoms with van der Waals surface area (Å²) >= 11 is 0. The van der Waals surface area contributed by atoms with Crippen LogP contribution in [-0.4, -0.2) is 37.5 Å². The van der Waals surface area contributed by atoms with Crippen molar-refractivity contribution in [2.75, 3.05) is 26.7 Å². The minimum Gasteiger partial charge on any atom is -0.345 e. The second-order valence-electron chi connectivity index (χ2n) is 4.04. The van der Waals surface area contributed by atoms with E-state index < -0.39 is 0 Å². The van der Waals surface area contributed by atoms with Crippen LogP contribution >= 0.6 is 0 Å². The van der Waals surface area contributed by atoms with Gasteiger partial charge < -0.3 is 10.2 Å². The van der Waals surface area contributed by atoms with E-state index in [-0.39, 0.29) is 7.33 Å². The lowest BCUT2D eigenvalue weighted by Crippen LogP contribution is -2.32. The molecule has 0 saturated carbocycles. The van der Waals surface area contributed by atoms with E-state index in [2.05, 4.69) is 26.1 Å². The number of nitrogens with one attached hydrogen (secondary N) is 1. The van der Waals surface area contributed by atoms with Gasteiger partial charge in [0.25, 0.3) is 0 Å². The zero-order valence-electron chi connectivity index (χ0n) is 13.8. The molecule has 0 fully saturated rings. The summed E-state index contributed by atoms with van der Waals surface area (Å²) in [6.45, 7) is 14.9. The van der Waals surface area contributed by atoms with Crippen LogP contribution in [0, 0.1) is 0 Å². The van der Waals surface area contributed by atoms with E-state index in [1.54, 1.807) is 11.8 Å². The molecular formula is C15H38N2O. The van der Waals surface area contributed by atoms with Gasteiger partial charge in [-0.05, 0) is 13.0 Å². The monoisotopic (exact) mass is 262 g/mol. The number of hydrogen-bond acceptors (Lipinski definition) is 2. The number of carbonyl (C=O) groups excluding carboxylic acids is 1. The molecule has 0 spiro atoms. The SMILES string of the molecule is CC.CCCC.CCCCNCCN(C)C(C)=O.[HH]. The van der Waals surface area contributed by atoms with Crippen molar-refractivity contribution in [3.8, 4) is 0 Å². The smallest absolute Gasteiger partial charge is 0.219 e. The van der Waals surface area contributed by atoms with Gasteiger partial charge in [-0.15, -0.1) is 0 Å². The Morgan fingerprint density at radius 1 is 1.06 bits per heavy atom. The molecular weight excluding hydrogens is 224 g/mol. The van der Waals surface area contributed by atoms with Crippen LogP contribution < -0.4 is 5.32 Å². The summed E-state index contributed by atoms with van der Waals surface area (Å²) in [5, 5.41) is 3.28. The maximum atomic E-state index is 10.8. The minimum absolute atomic E-state index is 0. The van der Waals surface area contributed by atoms with Gasteiger partial charge in [-0.2, -0.15) is 0 Å². The van der Waals surface area contributed by atoms with Gasteiger partial charge in [0.1, 0.15) is 0 Å². The van der Waals surface area contributed by atoms with Crippen molar-refractivity contribution in [1.82, 2.24) is 10.2 Å². The van der Waals surface area contributed by atoms with Crippen molar-refractivity contribution in [3.05, 3.63) is 0 Å². The highest BCUT2D eigenvalue weighted by Crippen LogP contribution is 1.83. The van der Waals surface area contributed by atoms with E-state index >= 15 is 0 Å². The molecule has 3 heteroatoms. The molecule has 0 aromatic rings. The van der Waals surface area contributed by atoms with Crippen LogP contribution in [0.25, 0.3) is 0 Å². The van der Waals surface area contributed by atoms with Crippen molar-refractivity contribution in [3.63, 3.8) is 0 Å². The first-order valence-corrected chi connectivity index (χ1v) is 7.52. The first-order chi connectivity index (χ1) is 8.59. The summed E-state index contributed by atoms with van der Waals surface area (Å²) in [5.74, 6) is 0.132. The highest BCUT2D eigenvalue weighted by atomic mass is 16.2. The van der Waals surface area contributed by atoms with Gasteiger partial charge in [0.05, 0.1) is 0 Å². The lowest BCUT2D eigenvalue weighted by molar-refractivity contribution is -0.127. The molecule has 0 heterocycles. The fourth-order valence-electron chi connectivity index (χ4n) is 0.831. The predicted octanol–water partition coefficient (Wildman–Crippen LogP) is 3.93. The summed E-state index contributed by atoms with van der Waals surface area (Å²) < 4.78 is 0. The normalized spacial score (nSPS) is 8.61. The molecule has 0 aliphatic rings. The van der Waals surface area contributed by atoms with Crippen molar-refractivity contribution in [2.24, 2.45) is 0 Å². The van der Waals surface area contributed by atoms with Crippen LogP contribution in [0.15, 0.2) is 0 Å². The quantitative estimate of drug-likeness (QED) is 0.705. The maximum Gasteiger partial charge on any atom is 0.219 e. The van der Waals surface area contributed by atoms with Crippen LogP contribution in [0.1, 0.15) is 68.7 Å². The summed E-state index contributed by atoms with van der Waals surface area (Å²) in [5.41, 5.74) is 0. The topological polar surface area (TPSA) is 32.3 Å². The molecule has 1 amide bonds. The Labute approximate surface area is 117 Å². The molecule has 0 radical (unpaired) electrons. The standard InChI is InChI=1S/C9H20N2O.C4H10.C2H6.H2/c1-4-5-6-10-7-8-11(3)9(2)12;1-3-4-2;1-2;/h10H,4-8H2,1-3H3;3-4H2,1-2H3;1-2H3;1H. The van der Waals surface area contributed by atoms with Crippen molar-refractivity contribution in [1.29, 1.82) is 0 Å². The number of hydrogen-bond donors (Lipinski definition) is 1. The average Bonchev–Trinajstić information content (AvgIpc) is 2.40. The highest BCUT2D eigenvalue weighted by molar-refractivity contribution is 5.72. The van der Waals surface area contributed by atoms with Gasteiger partial charge in [-0.25, -0.2) is 0 Å². The second-order valence-corrected chi connectivity index (χ2v) is 4.04. The maximum absolute atomic E-state index is 10.8. The summed E-state index contributed by atoms with van der Waals surface area (Å²) in [6, 6.07) is 0. The lowest BCUT2D eigenvalue weighted by Gasteiger charge is -2.14. The van der Waals surface area contributed by atoms with Crippen LogP contribution in [0.5, 0.6) is 0 Å². The van der Waals surface area contributed by atoms with E-state index in [4.69, 9.17) is 0 Å². The Kier molecular flexibility index (Phi) is 27.2. The third-order valence-corrected chi connectivity index (χ3v) is 2.37. The molecule has 0 aliphatic carbocycles. The van der Waals surface area contributed by atoms with Gasteiger partial charge in [0.2, 0.25) is 5.91 Å². The van der Waals surface area contributed by atoms with Gasteiger partial charge >= 0.3 is 0 Å². The Morgan fingerprint density at radius 3 is 1.89 bits per heavy atom. The fourth-order valence-corrected chi connectivity index (χ4v) is 0.831. The van der Waals surface area contributed by atoms with Crippen molar-refractivity contribution in [2.45, 2.75) is 67.2 Å². The minimum atomic E-state index is 0. The molecule has 0 unspecified atom stereocenters. The Morgan fingerprint density at radius 2 is 1.56 bits per heavy atom. The summed E-state index contributed by atoms with van der Waals surface area (Å²) in [4.78, 5) is 12.5. The summed E-state index contributed by atoms with van der Waals surface area (Å²) in [6.07, 6.45) is 5.07. The number of nitrogens with zero attached hydrogens (tertiary/aromatic N) is 1. The molecule has 3 nitrogen and oxygen atoms in total. The van der Waals surface area contributed by atoms with Crippen molar-refractivity contribution < 1.29 is 6.22 Å². The molecule has 1 N–H and O–H groups in total. The molecule has 0 rings (SSSR count). The predicted molar refractivity (Wildman–Crippen MR) is 85.1 cm³/mol. The van der Waals surface area contributed by atoms with Gasteiger partial charge in [0.15, 0.2) is 0 Å². The Hall–Kier alpha value is -0.570. The molecule has 0 saturated heterocycles. The number of rotatable bonds is 7. The number of likely N-dealkylation sites (N-methyl/N-ethyl adjacent to an activating group) is 1. The molecule has 0 bridgehead atoms.